The zero-order chi connectivity index (χ0) is 23.8. The topological polar surface area (TPSA) is 85.7 Å². The number of rotatable bonds is 5. The minimum atomic E-state index is -3.70. The maximum Gasteiger partial charge on any atom is 0.340 e. The van der Waals surface area contributed by atoms with Gasteiger partial charge in [-0.25, -0.2) is 17.5 Å². The molecule has 1 atom stereocenters. The predicted octanol–water partition coefficient (Wildman–Crippen LogP) is 4.62. The number of hydrogen-bond acceptors (Lipinski definition) is 5. The summed E-state index contributed by atoms with van der Waals surface area (Å²) in [5.41, 5.74) is 1.32. The van der Waals surface area contributed by atoms with Crippen molar-refractivity contribution in [2.45, 2.75) is 18.6 Å². The molecule has 2 heterocycles. The maximum atomic E-state index is 13.4. The zero-order valence-corrected chi connectivity index (χ0v) is 20.2. The van der Waals surface area contributed by atoms with Crippen molar-refractivity contribution in [3.05, 3.63) is 69.8 Å². The van der Waals surface area contributed by atoms with Gasteiger partial charge in [0.2, 0.25) is 15.9 Å². The van der Waals surface area contributed by atoms with Gasteiger partial charge in [-0.3, -0.25) is 9.36 Å². The van der Waals surface area contributed by atoms with Crippen molar-refractivity contribution in [3.8, 4) is 0 Å². The Balaban J connectivity index is 1.59. The number of piperidine rings is 1. The number of methoxy groups -OCH3 is 1. The average molecular weight is 509 g/mol. The third-order valence-corrected chi connectivity index (χ3v) is 8.22. The third-order valence-electron chi connectivity index (χ3n) is 5.83. The summed E-state index contributed by atoms with van der Waals surface area (Å²) in [7, 11) is -2.42. The van der Waals surface area contributed by atoms with E-state index in [1.54, 1.807) is 36.4 Å². The summed E-state index contributed by atoms with van der Waals surface area (Å²) in [5.74, 6) is -1.62. The highest BCUT2D eigenvalue weighted by Gasteiger charge is 2.34. The quantitative estimate of drug-likeness (QED) is 0.469. The van der Waals surface area contributed by atoms with Crippen LogP contribution in [-0.2, 0) is 20.5 Å². The lowest BCUT2D eigenvalue weighted by atomic mass is 9.98. The van der Waals surface area contributed by atoms with E-state index >= 15 is 0 Å². The number of esters is 1. The van der Waals surface area contributed by atoms with Gasteiger partial charge in [0.05, 0.1) is 29.9 Å². The number of hydrogen-bond donors (Lipinski definition) is 0. The molecule has 0 radical (unpaired) electrons. The van der Waals surface area contributed by atoms with Gasteiger partial charge in [-0.1, -0.05) is 47.5 Å². The molecule has 1 aromatic heterocycles. The van der Waals surface area contributed by atoms with Crippen molar-refractivity contribution in [1.29, 1.82) is 0 Å². The van der Waals surface area contributed by atoms with Crippen LogP contribution >= 0.6 is 23.2 Å². The molecule has 0 saturated carbocycles. The fraction of sp³-hybridized carbons (Fsp3) is 0.304. The highest BCUT2D eigenvalue weighted by Crippen LogP contribution is 2.29. The number of nitrogens with zero attached hydrogens (tertiary/aromatic N) is 2. The van der Waals surface area contributed by atoms with Crippen LogP contribution in [0.15, 0.2) is 48.7 Å². The summed E-state index contributed by atoms with van der Waals surface area (Å²) in [5, 5.41) is 1.32. The van der Waals surface area contributed by atoms with Crippen molar-refractivity contribution in [2.24, 2.45) is 5.92 Å². The number of para-hydroxylation sites is 1. The van der Waals surface area contributed by atoms with Gasteiger partial charge >= 0.3 is 5.97 Å². The van der Waals surface area contributed by atoms with E-state index in [4.69, 9.17) is 27.9 Å². The number of fused-ring (bicyclic) bond motifs is 1. The number of carbonyl (C=O) groups is 2. The van der Waals surface area contributed by atoms with Gasteiger partial charge in [0.15, 0.2) is 0 Å². The molecule has 7 nitrogen and oxygen atoms in total. The van der Waals surface area contributed by atoms with E-state index in [0.29, 0.717) is 46.4 Å². The van der Waals surface area contributed by atoms with Gasteiger partial charge in [0.1, 0.15) is 0 Å². The third kappa shape index (κ3) is 4.80. The molecule has 1 fully saturated rings. The molecule has 0 unspecified atom stereocenters. The van der Waals surface area contributed by atoms with Crippen LogP contribution in [-0.4, -0.2) is 49.4 Å². The first-order chi connectivity index (χ1) is 15.7. The van der Waals surface area contributed by atoms with E-state index in [1.165, 1.54) is 28.2 Å². The highest BCUT2D eigenvalue weighted by atomic mass is 35.5. The van der Waals surface area contributed by atoms with Crippen LogP contribution < -0.4 is 0 Å². The number of sulfonamides is 1. The van der Waals surface area contributed by atoms with E-state index in [-0.39, 0.29) is 23.2 Å². The predicted molar refractivity (Wildman–Crippen MR) is 127 cm³/mol. The summed E-state index contributed by atoms with van der Waals surface area (Å²) in [4.78, 5) is 25.6. The van der Waals surface area contributed by atoms with Crippen LogP contribution in [0, 0.1) is 5.92 Å². The van der Waals surface area contributed by atoms with Crippen molar-refractivity contribution >= 4 is 56.0 Å². The molecular formula is C23H22Cl2N2O5S. The van der Waals surface area contributed by atoms with E-state index in [0.717, 1.165) is 0 Å². The van der Waals surface area contributed by atoms with Crippen LogP contribution in [0.4, 0.5) is 0 Å². The Kier molecular flexibility index (Phi) is 6.81. The molecular weight excluding hydrogens is 487 g/mol. The minimum Gasteiger partial charge on any atom is -0.465 e. The van der Waals surface area contributed by atoms with E-state index in [1.807, 2.05) is 0 Å². The van der Waals surface area contributed by atoms with E-state index < -0.39 is 21.9 Å². The van der Waals surface area contributed by atoms with Crippen LogP contribution in [0.5, 0.6) is 0 Å². The second-order valence-electron chi connectivity index (χ2n) is 7.95. The van der Waals surface area contributed by atoms with Gasteiger partial charge in [-0.15, -0.1) is 0 Å². The molecule has 3 aromatic rings. The van der Waals surface area contributed by atoms with Gasteiger partial charge in [-0.2, -0.15) is 0 Å². The zero-order valence-electron chi connectivity index (χ0n) is 17.8. The Morgan fingerprint density at radius 1 is 1.15 bits per heavy atom. The second-order valence-corrected chi connectivity index (χ2v) is 10.8. The SMILES string of the molecule is COC(=O)c1cn(C(=O)[C@H]2CCCN(S(=O)(=O)Cc3ccc(Cl)cc3Cl)C2)c2ccccc12. The summed E-state index contributed by atoms with van der Waals surface area (Å²) in [6.07, 6.45) is 2.57. The Morgan fingerprint density at radius 3 is 2.64 bits per heavy atom. The molecule has 4 rings (SSSR count). The number of halogens is 2. The molecule has 1 saturated heterocycles. The minimum absolute atomic E-state index is 0.0619. The molecule has 33 heavy (non-hydrogen) atoms. The molecule has 0 spiro atoms. The van der Waals surface area contributed by atoms with Crippen LogP contribution in [0.25, 0.3) is 10.9 Å². The Hall–Kier alpha value is -2.39. The molecule has 174 valence electrons. The van der Waals surface area contributed by atoms with Crippen LogP contribution in [0.2, 0.25) is 10.0 Å². The fourth-order valence-electron chi connectivity index (χ4n) is 4.15. The normalized spacial score (nSPS) is 17.2. The lowest BCUT2D eigenvalue weighted by molar-refractivity contribution is 0.0603. The van der Waals surface area contributed by atoms with E-state index in [9.17, 15) is 18.0 Å². The van der Waals surface area contributed by atoms with Gasteiger partial charge in [0.25, 0.3) is 0 Å². The largest absolute Gasteiger partial charge is 0.465 e. The maximum absolute atomic E-state index is 13.4. The first kappa shape index (κ1) is 23.8. The summed E-state index contributed by atoms with van der Waals surface area (Å²) in [6.45, 7) is 0.392. The lowest BCUT2D eigenvalue weighted by Gasteiger charge is -2.31. The molecule has 0 N–H and O–H groups in total. The van der Waals surface area contributed by atoms with Crippen molar-refractivity contribution in [2.75, 3.05) is 20.2 Å². The molecule has 1 aliphatic rings. The monoisotopic (exact) mass is 508 g/mol. The summed E-state index contributed by atoms with van der Waals surface area (Å²) in [6, 6.07) is 11.7. The standard InChI is InChI=1S/C23H22Cl2N2O5S/c1-32-23(29)19-13-27(21-7-3-2-6-18(19)21)22(28)15-5-4-10-26(12-15)33(30,31)14-16-8-9-17(24)11-20(16)25/h2-3,6-9,11,13,15H,4-5,10,12,14H2,1H3/t15-/m0/s1. The molecule has 0 amide bonds. The Morgan fingerprint density at radius 2 is 1.91 bits per heavy atom. The van der Waals surface area contributed by atoms with Gasteiger partial charge < -0.3 is 4.74 Å². The number of carbonyl (C=O) groups excluding carboxylic acids is 2. The first-order valence-electron chi connectivity index (χ1n) is 10.4. The molecule has 0 bridgehead atoms. The number of ether oxygens (including phenoxy) is 1. The lowest BCUT2D eigenvalue weighted by Crippen LogP contribution is -2.43. The molecule has 2 aromatic carbocycles. The Labute approximate surface area is 201 Å². The average Bonchev–Trinajstić information content (AvgIpc) is 3.20. The van der Waals surface area contributed by atoms with E-state index in [2.05, 4.69) is 0 Å². The number of aromatic nitrogens is 1. The molecule has 1 aliphatic heterocycles. The van der Waals surface area contributed by atoms with Crippen LogP contribution in [0.1, 0.15) is 33.6 Å². The Bertz CT molecular complexity index is 1340. The molecule has 0 aliphatic carbocycles. The summed E-state index contributed by atoms with van der Waals surface area (Å²) >= 11 is 12.1. The van der Waals surface area contributed by atoms with Gasteiger partial charge in [0, 0.05) is 34.7 Å². The van der Waals surface area contributed by atoms with Gasteiger partial charge in [-0.05, 0) is 36.6 Å². The van der Waals surface area contributed by atoms with Crippen LogP contribution in [0.3, 0.4) is 0 Å². The van der Waals surface area contributed by atoms with Crippen molar-refractivity contribution < 1.29 is 22.7 Å². The first-order valence-corrected chi connectivity index (χ1v) is 12.7. The second kappa shape index (κ2) is 9.46. The fourth-order valence-corrected chi connectivity index (χ4v) is 6.35. The highest BCUT2D eigenvalue weighted by molar-refractivity contribution is 7.88. The van der Waals surface area contributed by atoms with Crippen molar-refractivity contribution in [3.63, 3.8) is 0 Å². The van der Waals surface area contributed by atoms with Crippen molar-refractivity contribution in [1.82, 2.24) is 8.87 Å². The summed E-state index contributed by atoms with van der Waals surface area (Å²) < 4.78 is 33.8. The smallest absolute Gasteiger partial charge is 0.340 e. The number of benzene rings is 2. The molecule has 10 heteroatoms.